The predicted octanol–water partition coefficient (Wildman–Crippen LogP) is 1.90. The maximum absolute atomic E-state index is 12.9. The summed E-state index contributed by atoms with van der Waals surface area (Å²) in [5.41, 5.74) is 0. The number of carbonyl (C=O) groups excluding carboxylic acids is 1. The molecule has 1 heterocycles. The van der Waals surface area contributed by atoms with Crippen molar-refractivity contribution in [3.05, 3.63) is 23.2 Å². The van der Waals surface area contributed by atoms with Crippen molar-refractivity contribution in [2.24, 2.45) is 5.92 Å². The molecule has 146 valence electrons. The molecule has 1 N–H and O–H groups in total. The van der Waals surface area contributed by atoms with Crippen LogP contribution in [0.5, 0.6) is 5.75 Å². The summed E-state index contributed by atoms with van der Waals surface area (Å²) in [5.74, 6) is -0.0545. The summed E-state index contributed by atoms with van der Waals surface area (Å²) in [5, 5.41) is 3.08. The van der Waals surface area contributed by atoms with E-state index in [1.165, 1.54) is 29.6 Å². The lowest BCUT2D eigenvalue weighted by molar-refractivity contribution is -0.126. The molecule has 26 heavy (non-hydrogen) atoms. The van der Waals surface area contributed by atoms with Crippen molar-refractivity contribution in [2.45, 2.75) is 24.2 Å². The van der Waals surface area contributed by atoms with E-state index >= 15 is 0 Å². The zero-order valence-corrected chi connectivity index (χ0v) is 16.6. The molecule has 1 aliphatic heterocycles. The van der Waals surface area contributed by atoms with E-state index in [1.807, 2.05) is 0 Å². The van der Waals surface area contributed by atoms with E-state index in [2.05, 4.69) is 5.32 Å². The number of amides is 1. The highest BCUT2D eigenvalue weighted by atomic mass is 35.5. The van der Waals surface area contributed by atoms with Crippen LogP contribution >= 0.6 is 11.6 Å². The first-order chi connectivity index (χ1) is 12.4. The molecule has 1 amide bonds. The highest BCUT2D eigenvalue weighted by molar-refractivity contribution is 7.89. The van der Waals surface area contributed by atoms with Crippen LogP contribution in [0, 0.1) is 5.92 Å². The van der Waals surface area contributed by atoms with Crippen molar-refractivity contribution in [3.63, 3.8) is 0 Å². The Morgan fingerprint density at radius 3 is 2.81 bits per heavy atom. The van der Waals surface area contributed by atoms with Gasteiger partial charge >= 0.3 is 0 Å². The summed E-state index contributed by atoms with van der Waals surface area (Å²) in [4.78, 5) is 12.4. The third-order valence-corrected chi connectivity index (χ3v) is 6.50. The van der Waals surface area contributed by atoms with Crippen LogP contribution in [-0.2, 0) is 19.6 Å². The molecule has 1 aromatic rings. The van der Waals surface area contributed by atoms with Crippen LogP contribution in [0.25, 0.3) is 0 Å². The fourth-order valence-electron chi connectivity index (χ4n) is 2.90. The minimum Gasteiger partial charge on any atom is -0.495 e. The summed E-state index contributed by atoms with van der Waals surface area (Å²) in [6.45, 7) is 1.65. The second-order valence-corrected chi connectivity index (χ2v) is 8.48. The van der Waals surface area contributed by atoms with Gasteiger partial charge in [-0.1, -0.05) is 11.6 Å². The number of hydrogen-bond donors (Lipinski definition) is 1. The molecule has 1 atom stereocenters. The van der Waals surface area contributed by atoms with Gasteiger partial charge in [-0.05, 0) is 37.5 Å². The molecular formula is C17H25ClN2O5S. The van der Waals surface area contributed by atoms with Crippen molar-refractivity contribution in [1.82, 2.24) is 9.62 Å². The number of nitrogens with zero attached hydrogens (tertiary/aromatic N) is 1. The number of halogens is 1. The highest BCUT2D eigenvalue weighted by Crippen LogP contribution is 2.30. The molecule has 0 radical (unpaired) electrons. The smallest absolute Gasteiger partial charge is 0.243 e. The molecule has 7 nitrogen and oxygen atoms in total. The number of piperidine rings is 1. The Kier molecular flexibility index (Phi) is 7.69. The first-order valence-electron chi connectivity index (χ1n) is 8.50. The Balaban J connectivity index is 2.05. The Labute approximate surface area is 159 Å². The lowest BCUT2D eigenvalue weighted by Crippen LogP contribution is -2.45. The number of carbonyl (C=O) groups is 1. The molecule has 1 aromatic carbocycles. The van der Waals surface area contributed by atoms with Crippen molar-refractivity contribution in [1.29, 1.82) is 0 Å². The fraction of sp³-hybridized carbons (Fsp3) is 0.588. The zero-order valence-electron chi connectivity index (χ0n) is 15.0. The molecule has 0 aliphatic carbocycles. The average Bonchev–Trinajstić information content (AvgIpc) is 2.65. The van der Waals surface area contributed by atoms with Crippen molar-refractivity contribution in [2.75, 3.05) is 40.5 Å². The SMILES string of the molecule is COCCCNC(=O)[C@H]1CCCN(S(=O)(=O)c2ccc(OC)c(Cl)c2)C1. The van der Waals surface area contributed by atoms with Crippen LogP contribution in [-0.4, -0.2) is 59.1 Å². The molecule has 0 bridgehead atoms. The predicted molar refractivity (Wildman–Crippen MR) is 99.0 cm³/mol. The quantitative estimate of drug-likeness (QED) is 0.669. The van der Waals surface area contributed by atoms with Crippen LogP contribution in [0.1, 0.15) is 19.3 Å². The molecular weight excluding hydrogens is 380 g/mol. The van der Waals surface area contributed by atoms with E-state index in [9.17, 15) is 13.2 Å². The molecule has 0 saturated carbocycles. The van der Waals surface area contributed by atoms with Gasteiger partial charge in [0.15, 0.2) is 0 Å². The zero-order chi connectivity index (χ0) is 19.2. The second-order valence-electron chi connectivity index (χ2n) is 6.14. The van der Waals surface area contributed by atoms with E-state index in [0.717, 1.165) is 6.42 Å². The van der Waals surface area contributed by atoms with Crippen molar-refractivity contribution < 1.29 is 22.7 Å². The monoisotopic (exact) mass is 404 g/mol. The summed E-state index contributed by atoms with van der Waals surface area (Å²) in [7, 11) is -0.635. The molecule has 1 fully saturated rings. The number of hydrogen-bond acceptors (Lipinski definition) is 5. The molecule has 0 aromatic heterocycles. The van der Waals surface area contributed by atoms with Crippen molar-refractivity contribution in [3.8, 4) is 5.75 Å². The number of benzene rings is 1. The fourth-order valence-corrected chi connectivity index (χ4v) is 4.78. The van der Waals surface area contributed by atoms with Gasteiger partial charge in [-0.25, -0.2) is 8.42 Å². The lowest BCUT2D eigenvalue weighted by atomic mass is 9.99. The van der Waals surface area contributed by atoms with Gasteiger partial charge in [0.25, 0.3) is 0 Å². The Morgan fingerprint density at radius 2 is 2.15 bits per heavy atom. The summed E-state index contributed by atoms with van der Waals surface area (Å²) in [6, 6.07) is 4.37. The Hall–Kier alpha value is -1.35. The van der Waals surface area contributed by atoms with E-state index in [1.54, 1.807) is 7.11 Å². The van der Waals surface area contributed by atoms with Gasteiger partial charge in [-0.2, -0.15) is 4.31 Å². The Bertz CT molecular complexity index is 726. The lowest BCUT2D eigenvalue weighted by Gasteiger charge is -2.31. The van der Waals surface area contributed by atoms with Crippen LogP contribution in [0.2, 0.25) is 5.02 Å². The van der Waals surface area contributed by atoms with E-state index < -0.39 is 10.0 Å². The van der Waals surface area contributed by atoms with Crippen LogP contribution in [0.3, 0.4) is 0 Å². The van der Waals surface area contributed by atoms with Gasteiger partial charge < -0.3 is 14.8 Å². The summed E-state index contributed by atoms with van der Waals surface area (Å²) >= 11 is 6.05. The van der Waals surface area contributed by atoms with Gasteiger partial charge in [0, 0.05) is 33.4 Å². The minimum absolute atomic E-state index is 0.101. The number of rotatable bonds is 8. The minimum atomic E-state index is -3.71. The third-order valence-electron chi connectivity index (χ3n) is 4.34. The van der Waals surface area contributed by atoms with Crippen LogP contribution in [0.4, 0.5) is 0 Å². The van der Waals surface area contributed by atoms with Crippen LogP contribution in [0.15, 0.2) is 23.1 Å². The van der Waals surface area contributed by atoms with E-state index in [-0.39, 0.29) is 28.3 Å². The molecule has 1 aliphatic rings. The Morgan fingerprint density at radius 1 is 1.38 bits per heavy atom. The first-order valence-corrected chi connectivity index (χ1v) is 10.3. The summed E-state index contributed by atoms with van der Waals surface area (Å²) < 4.78 is 37.1. The normalized spacial score (nSPS) is 18.5. The number of nitrogens with one attached hydrogen (secondary N) is 1. The molecule has 0 unspecified atom stereocenters. The average molecular weight is 405 g/mol. The van der Waals surface area contributed by atoms with E-state index in [0.29, 0.717) is 38.3 Å². The van der Waals surface area contributed by atoms with Gasteiger partial charge in [-0.3, -0.25) is 4.79 Å². The van der Waals surface area contributed by atoms with Gasteiger partial charge in [-0.15, -0.1) is 0 Å². The second kappa shape index (κ2) is 9.55. The highest BCUT2D eigenvalue weighted by Gasteiger charge is 2.33. The molecule has 9 heteroatoms. The van der Waals surface area contributed by atoms with Gasteiger partial charge in [0.2, 0.25) is 15.9 Å². The third kappa shape index (κ3) is 5.09. The molecule has 2 rings (SSSR count). The number of methoxy groups -OCH3 is 2. The van der Waals surface area contributed by atoms with Gasteiger partial charge in [0.1, 0.15) is 5.75 Å². The molecule has 1 saturated heterocycles. The maximum Gasteiger partial charge on any atom is 0.243 e. The van der Waals surface area contributed by atoms with Crippen LogP contribution < -0.4 is 10.1 Å². The van der Waals surface area contributed by atoms with Gasteiger partial charge in [0.05, 0.1) is 22.9 Å². The topological polar surface area (TPSA) is 84.9 Å². The van der Waals surface area contributed by atoms with E-state index in [4.69, 9.17) is 21.1 Å². The van der Waals surface area contributed by atoms with Crippen molar-refractivity contribution >= 4 is 27.5 Å². The largest absolute Gasteiger partial charge is 0.495 e. The summed E-state index contributed by atoms with van der Waals surface area (Å²) in [6.07, 6.45) is 2.03. The number of ether oxygens (including phenoxy) is 2. The first kappa shape index (κ1) is 21.0. The number of sulfonamides is 1. The standard InChI is InChI=1S/C17H25ClN2O5S/c1-24-10-4-8-19-17(21)13-5-3-9-20(12-13)26(22,23)14-6-7-16(25-2)15(18)11-14/h6-7,11,13H,3-5,8-10,12H2,1-2H3,(H,19,21)/t13-/m0/s1. The maximum atomic E-state index is 12.9. The molecule has 0 spiro atoms.